The van der Waals surface area contributed by atoms with Crippen LogP contribution < -0.4 is 0 Å². The number of hydrogen-bond donors (Lipinski definition) is 0. The van der Waals surface area contributed by atoms with Crippen LogP contribution in [-0.4, -0.2) is 40.1 Å². The molecule has 0 aliphatic heterocycles. The Hall–Kier alpha value is 0.0306. The second kappa shape index (κ2) is 10.6. The average Bonchev–Trinajstić information content (AvgIpc) is 2.59. The first-order valence-electron chi connectivity index (χ1n) is 9.50. The Balaban J connectivity index is 3.52. The van der Waals surface area contributed by atoms with Crippen molar-refractivity contribution in [3.8, 4) is 0 Å². The van der Waals surface area contributed by atoms with E-state index in [1.54, 1.807) is 12.1 Å². The van der Waals surface area contributed by atoms with E-state index in [9.17, 15) is 4.79 Å². The van der Waals surface area contributed by atoms with Crippen LogP contribution in [0.5, 0.6) is 0 Å². The van der Waals surface area contributed by atoms with Crippen LogP contribution in [0.2, 0.25) is 36.2 Å². The van der Waals surface area contributed by atoms with E-state index in [0.29, 0.717) is 15.9 Å². The minimum absolute atomic E-state index is 0.0668. The van der Waals surface area contributed by atoms with E-state index in [1.165, 1.54) is 0 Å². The van der Waals surface area contributed by atoms with Crippen LogP contribution in [0.15, 0.2) is 12.1 Å². The number of alkyl halides is 1. The van der Waals surface area contributed by atoms with Gasteiger partial charge in [-0.15, -0.1) is 0 Å². The molecule has 29 heavy (non-hydrogen) atoms. The highest BCUT2D eigenvalue weighted by Crippen LogP contribution is 2.41. The Labute approximate surface area is 195 Å². The van der Waals surface area contributed by atoms with E-state index in [1.807, 2.05) is 26.9 Å². The molecular formula is C20H32BrClO4Si3. The fourth-order valence-corrected chi connectivity index (χ4v) is 5.83. The number of rotatable bonds is 9. The molecule has 0 spiro atoms. The van der Waals surface area contributed by atoms with Crippen molar-refractivity contribution >= 4 is 61.3 Å². The normalized spacial score (nSPS) is 13.1. The first-order chi connectivity index (χ1) is 13.2. The molecule has 9 heteroatoms. The molecule has 0 atom stereocenters. The molecule has 0 unspecified atom stereocenters. The molecule has 1 aromatic rings. The third kappa shape index (κ3) is 6.27. The van der Waals surface area contributed by atoms with Gasteiger partial charge < -0.3 is 13.3 Å². The van der Waals surface area contributed by atoms with Crippen LogP contribution >= 0.6 is 27.5 Å². The Morgan fingerprint density at radius 3 is 2.07 bits per heavy atom. The van der Waals surface area contributed by atoms with Crippen molar-refractivity contribution in [1.82, 2.24) is 0 Å². The number of benzene rings is 1. The van der Waals surface area contributed by atoms with Gasteiger partial charge in [-0.25, -0.2) is 4.79 Å². The van der Waals surface area contributed by atoms with Gasteiger partial charge in [-0.3, -0.25) is 0 Å². The summed E-state index contributed by atoms with van der Waals surface area (Å²) in [5, 5.41) is 0.997. The van der Waals surface area contributed by atoms with Crippen LogP contribution in [0.25, 0.3) is 0 Å². The lowest BCUT2D eigenvalue weighted by Crippen LogP contribution is -2.43. The standard InChI is InChI=1S/C20H32BrClO4Si3/c1-19(2,3)29(8,9)26-17(23)13-10-11-15(22)16(14(13)12-21)20(4,5)18(24-27-6)25-28-7/h10-11,18H,12H2,1-9H3. The average molecular weight is 536 g/mol. The van der Waals surface area contributed by atoms with Crippen molar-refractivity contribution in [3.63, 3.8) is 0 Å². The molecule has 0 fully saturated rings. The third-order valence-corrected chi connectivity index (χ3v) is 11.5. The Kier molecular flexibility index (Phi) is 9.86. The Bertz CT molecular complexity index is 714. The van der Waals surface area contributed by atoms with Gasteiger partial charge in [-0.05, 0) is 54.5 Å². The van der Waals surface area contributed by atoms with Crippen LogP contribution in [0.3, 0.4) is 0 Å². The van der Waals surface area contributed by atoms with Gasteiger partial charge in [-0.2, -0.15) is 0 Å². The molecule has 0 heterocycles. The highest BCUT2D eigenvalue weighted by atomic mass is 79.9. The molecule has 0 aliphatic rings. The zero-order chi connectivity index (χ0) is 22.6. The van der Waals surface area contributed by atoms with Crippen molar-refractivity contribution in [2.24, 2.45) is 0 Å². The topological polar surface area (TPSA) is 44.8 Å². The van der Waals surface area contributed by atoms with Crippen molar-refractivity contribution in [1.29, 1.82) is 0 Å². The molecule has 0 aromatic heterocycles. The summed E-state index contributed by atoms with van der Waals surface area (Å²) in [4.78, 5) is 13.2. The lowest BCUT2D eigenvalue weighted by molar-refractivity contribution is -0.0435. The molecular weight excluding hydrogens is 504 g/mol. The van der Waals surface area contributed by atoms with Crippen molar-refractivity contribution in [3.05, 3.63) is 33.8 Å². The van der Waals surface area contributed by atoms with E-state index >= 15 is 0 Å². The van der Waals surface area contributed by atoms with E-state index in [-0.39, 0.29) is 30.5 Å². The first-order valence-corrected chi connectivity index (χ1v) is 16.7. The van der Waals surface area contributed by atoms with Gasteiger partial charge in [0.15, 0.2) is 0 Å². The summed E-state index contributed by atoms with van der Waals surface area (Å²) in [6.45, 7) is 18.5. The minimum atomic E-state index is -2.26. The van der Waals surface area contributed by atoms with Crippen LogP contribution in [0.1, 0.15) is 56.1 Å². The van der Waals surface area contributed by atoms with Gasteiger partial charge in [0.05, 0.1) is 5.56 Å². The second-order valence-electron chi connectivity index (χ2n) is 8.93. The number of carbonyl (C=O) groups is 1. The predicted molar refractivity (Wildman–Crippen MR) is 129 cm³/mol. The molecule has 0 saturated carbocycles. The van der Waals surface area contributed by atoms with E-state index in [2.05, 4.69) is 49.8 Å². The maximum absolute atomic E-state index is 13.2. The summed E-state index contributed by atoms with van der Waals surface area (Å²) in [5.74, 6) is -0.298. The lowest BCUT2D eigenvalue weighted by Gasteiger charge is -2.38. The van der Waals surface area contributed by atoms with E-state index < -0.39 is 20.0 Å². The highest BCUT2D eigenvalue weighted by Gasteiger charge is 2.42. The quantitative estimate of drug-likeness (QED) is 0.209. The van der Waals surface area contributed by atoms with Crippen molar-refractivity contribution < 1.29 is 18.1 Å². The molecule has 4 nitrogen and oxygen atoms in total. The fraction of sp³-hybridized carbons (Fsp3) is 0.650. The van der Waals surface area contributed by atoms with Gasteiger partial charge in [0.25, 0.3) is 8.32 Å². The summed E-state index contributed by atoms with van der Waals surface area (Å²) < 4.78 is 17.9. The zero-order valence-corrected chi connectivity index (χ0v) is 24.2. The smallest absolute Gasteiger partial charge is 0.325 e. The van der Waals surface area contributed by atoms with E-state index in [4.69, 9.17) is 24.9 Å². The molecule has 4 radical (unpaired) electrons. The minimum Gasteiger partial charge on any atom is -0.516 e. The Morgan fingerprint density at radius 1 is 1.14 bits per heavy atom. The number of carbonyl (C=O) groups excluding carboxylic acids is 1. The molecule has 0 aliphatic carbocycles. The zero-order valence-electron chi connectivity index (χ0n) is 18.8. The van der Waals surface area contributed by atoms with E-state index in [0.717, 1.165) is 11.1 Å². The van der Waals surface area contributed by atoms with Gasteiger partial charge in [0.1, 0.15) is 6.29 Å². The van der Waals surface area contributed by atoms with Crippen LogP contribution in [0, 0.1) is 0 Å². The largest absolute Gasteiger partial charge is 0.516 e. The lowest BCUT2D eigenvalue weighted by atomic mass is 9.80. The summed E-state index contributed by atoms with van der Waals surface area (Å²) in [6, 6.07) is 3.53. The highest BCUT2D eigenvalue weighted by molar-refractivity contribution is 9.08. The summed E-state index contributed by atoms with van der Waals surface area (Å²) >= 11 is 10.2. The monoisotopic (exact) mass is 534 g/mol. The molecule has 0 amide bonds. The second-order valence-corrected chi connectivity index (χ2v) is 15.9. The van der Waals surface area contributed by atoms with Gasteiger partial charge >= 0.3 is 5.97 Å². The molecule has 1 rings (SSSR count). The van der Waals surface area contributed by atoms with Crippen LogP contribution in [0.4, 0.5) is 0 Å². The third-order valence-electron chi connectivity index (χ3n) is 5.45. The van der Waals surface area contributed by atoms with Gasteiger partial charge in [0.2, 0.25) is 19.5 Å². The number of halogens is 2. The first kappa shape index (κ1) is 27.1. The number of hydrogen-bond acceptors (Lipinski definition) is 4. The molecule has 0 saturated heterocycles. The fourth-order valence-electron chi connectivity index (χ4n) is 2.74. The van der Waals surface area contributed by atoms with Gasteiger partial charge in [0, 0.05) is 15.8 Å². The van der Waals surface area contributed by atoms with Crippen molar-refractivity contribution in [2.75, 3.05) is 0 Å². The molecule has 0 N–H and O–H groups in total. The SMILES string of the molecule is C[Si]OC(O[Si]C)C(C)(C)c1c(Cl)ccc(C(=O)O[Si](C)(C)C(C)(C)C)c1CBr. The maximum Gasteiger partial charge on any atom is 0.325 e. The predicted octanol–water partition coefficient (Wildman–Crippen LogP) is 6.37. The maximum atomic E-state index is 13.2. The molecule has 162 valence electrons. The summed E-state index contributed by atoms with van der Waals surface area (Å²) in [7, 11) is -1.70. The summed E-state index contributed by atoms with van der Waals surface area (Å²) in [6.07, 6.45) is -0.462. The van der Waals surface area contributed by atoms with Gasteiger partial charge in [-0.1, -0.05) is 62.1 Å². The van der Waals surface area contributed by atoms with Crippen LogP contribution in [-0.2, 0) is 24.0 Å². The molecule has 0 bridgehead atoms. The molecule has 1 aromatic carbocycles. The van der Waals surface area contributed by atoms with Crippen molar-refractivity contribution in [2.45, 2.75) is 82.9 Å². The Morgan fingerprint density at radius 2 is 1.66 bits per heavy atom. The summed E-state index contributed by atoms with van der Waals surface area (Å²) in [5.41, 5.74) is 1.65.